The summed E-state index contributed by atoms with van der Waals surface area (Å²) in [5.41, 5.74) is -0.0417. The quantitative estimate of drug-likeness (QED) is 0.788. The van der Waals surface area contributed by atoms with Crippen LogP contribution in [0.2, 0.25) is 0 Å². The van der Waals surface area contributed by atoms with Crippen molar-refractivity contribution < 1.29 is 14.3 Å². The molecular formula is C16H23ClN2O3. The molecule has 1 aliphatic rings. The van der Waals surface area contributed by atoms with Crippen LogP contribution in [-0.4, -0.2) is 38.3 Å². The second kappa shape index (κ2) is 8.78. The zero-order valence-corrected chi connectivity index (χ0v) is 13.6. The molecule has 0 bridgehead atoms. The minimum Gasteiger partial charge on any atom is -0.489 e. The van der Waals surface area contributed by atoms with E-state index in [1.165, 1.54) is 0 Å². The van der Waals surface area contributed by atoms with Crippen molar-refractivity contribution >= 4 is 24.0 Å². The first kappa shape index (κ1) is 18.5. The smallest absolute Gasteiger partial charge is 0.256 e. The van der Waals surface area contributed by atoms with Crippen molar-refractivity contribution in [2.75, 3.05) is 32.1 Å². The third-order valence-corrected chi connectivity index (χ3v) is 3.68. The van der Waals surface area contributed by atoms with E-state index in [1.54, 1.807) is 19.3 Å². The Balaban J connectivity index is 0.00000242. The molecule has 1 fully saturated rings. The molecular weight excluding hydrogens is 304 g/mol. The van der Waals surface area contributed by atoms with Gasteiger partial charge < -0.3 is 20.1 Å². The van der Waals surface area contributed by atoms with E-state index in [4.69, 9.17) is 9.47 Å². The van der Waals surface area contributed by atoms with Gasteiger partial charge in [0.2, 0.25) is 0 Å². The molecule has 1 aromatic carbocycles. The van der Waals surface area contributed by atoms with Crippen molar-refractivity contribution in [3.05, 3.63) is 36.9 Å². The van der Waals surface area contributed by atoms with Gasteiger partial charge in [0.15, 0.2) is 0 Å². The minimum absolute atomic E-state index is 0. The van der Waals surface area contributed by atoms with E-state index in [0.29, 0.717) is 30.9 Å². The SMILES string of the molecule is C=CCOc1cccc(NC(=O)C2(OC)CCNCC2)c1.Cl. The zero-order chi connectivity index (χ0) is 15.1. The molecule has 2 N–H and O–H groups in total. The van der Waals surface area contributed by atoms with Crippen LogP contribution in [0.4, 0.5) is 5.69 Å². The number of nitrogens with one attached hydrogen (secondary N) is 2. The summed E-state index contributed by atoms with van der Waals surface area (Å²) in [5, 5.41) is 6.16. The molecule has 0 saturated carbocycles. The van der Waals surface area contributed by atoms with Crippen LogP contribution in [0.1, 0.15) is 12.8 Å². The van der Waals surface area contributed by atoms with Gasteiger partial charge in [0.1, 0.15) is 18.0 Å². The van der Waals surface area contributed by atoms with Crippen LogP contribution < -0.4 is 15.4 Å². The predicted molar refractivity (Wildman–Crippen MR) is 89.9 cm³/mol. The Kier molecular flexibility index (Phi) is 7.38. The number of rotatable bonds is 6. The maximum atomic E-state index is 12.5. The molecule has 122 valence electrons. The van der Waals surface area contributed by atoms with Gasteiger partial charge in [-0.2, -0.15) is 0 Å². The van der Waals surface area contributed by atoms with Crippen LogP contribution in [0.5, 0.6) is 5.75 Å². The number of amides is 1. The Morgan fingerprint density at radius 2 is 2.18 bits per heavy atom. The fourth-order valence-electron chi connectivity index (χ4n) is 2.42. The minimum atomic E-state index is -0.747. The molecule has 6 heteroatoms. The van der Waals surface area contributed by atoms with Gasteiger partial charge in [-0.15, -0.1) is 12.4 Å². The third-order valence-electron chi connectivity index (χ3n) is 3.68. The van der Waals surface area contributed by atoms with Crippen LogP contribution in [-0.2, 0) is 9.53 Å². The van der Waals surface area contributed by atoms with Crippen LogP contribution >= 0.6 is 12.4 Å². The predicted octanol–water partition coefficient (Wildman–Crippen LogP) is 2.38. The van der Waals surface area contributed by atoms with Gasteiger partial charge in [-0.1, -0.05) is 18.7 Å². The van der Waals surface area contributed by atoms with Crippen molar-refractivity contribution in [2.24, 2.45) is 0 Å². The normalized spacial score (nSPS) is 16.2. The summed E-state index contributed by atoms with van der Waals surface area (Å²) in [6.45, 7) is 5.61. The number of carbonyl (C=O) groups is 1. The van der Waals surface area contributed by atoms with Crippen LogP contribution in [0.3, 0.4) is 0 Å². The number of anilines is 1. The fourth-order valence-corrected chi connectivity index (χ4v) is 2.42. The van der Waals surface area contributed by atoms with Gasteiger partial charge in [0.25, 0.3) is 5.91 Å². The molecule has 0 radical (unpaired) electrons. The van der Waals surface area contributed by atoms with Gasteiger partial charge in [0, 0.05) is 18.9 Å². The lowest BCUT2D eigenvalue weighted by molar-refractivity contribution is -0.140. The maximum absolute atomic E-state index is 12.5. The molecule has 0 spiro atoms. The number of ether oxygens (including phenoxy) is 2. The molecule has 5 nitrogen and oxygen atoms in total. The number of benzene rings is 1. The molecule has 0 aliphatic carbocycles. The van der Waals surface area contributed by atoms with Crippen LogP contribution in [0.15, 0.2) is 36.9 Å². The summed E-state index contributed by atoms with van der Waals surface area (Å²) >= 11 is 0. The number of hydrogen-bond acceptors (Lipinski definition) is 4. The van der Waals surface area contributed by atoms with Crippen molar-refractivity contribution in [1.29, 1.82) is 0 Å². The highest BCUT2D eigenvalue weighted by Crippen LogP contribution is 2.25. The molecule has 2 rings (SSSR count). The number of methoxy groups -OCH3 is 1. The zero-order valence-electron chi connectivity index (χ0n) is 12.8. The first-order chi connectivity index (χ1) is 10.2. The Bertz CT molecular complexity index is 502. The summed E-state index contributed by atoms with van der Waals surface area (Å²) in [6.07, 6.45) is 3.02. The number of halogens is 1. The Morgan fingerprint density at radius 1 is 1.45 bits per heavy atom. The lowest BCUT2D eigenvalue weighted by Gasteiger charge is -2.34. The Labute approximate surface area is 137 Å². The topological polar surface area (TPSA) is 59.6 Å². The second-order valence-corrected chi connectivity index (χ2v) is 5.03. The van der Waals surface area contributed by atoms with Gasteiger partial charge in [-0.25, -0.2) is 0 Å². The van der Waals surface area contributed by atoms with Crippen molar-refractivity contribution in [3.63, 3.8) is 0 Å². The third kappa shape index (κ3) is 4.47. The highest BCUT2D eigenvalue weighted by atomic mass is 35.5. The van der Waals surface area contributed by atoms with Crippen LogP contribution in [0.25, 0.3) is 0 Å². The van der Waals surface area contributed by atoms with Gasteiger partial charge in [-0.05, 0) is 38.1 Å². The molecule has 1 aliphatic heterocycles. The van der Waals surface area contributed by atoms with E-state index in [0.717, 1.165) is 13.1 Å². The average molecular weight is 327 g/mol. The van der Waals surface area contributed by atoms with E-state index in [1.807, 2.05) is 18.2 Å². The molecule has 22 heavy (non-hydrogen) atoms. The van der Waals surface area contributed by atoms with Crippen molar-refractivity contribution in [1.82, 2.24) is 5.32 Å². The largest absolute Gasteiger partial charge is 0.489 e. The molecule has 0 unspecified atom stereocenters. The van der Waals surface area contributed by atoms with E-state index in [-0.39, 0.29) is 18.3 Å². The highest BCUT2D eigenvalue weighted by Gasteiger charge is 2.39. The lowest BCUT2D eigenvalue weighted by atomic mass is 9.91. The lowest BCUT2D eigenvalue weighted by Crippen LogP contribution is -2.51. The number of hydrogen-bond donors (Lipinski definition) is 2. The monoisotopic (exact) mass is 326 g/mol. The molecule has 1 amide bonds. The maximum Gasteiger partial charge on any atom is 0.256 e. The van der Waals surface area contributed by atoms with Crippen LogP contribution in [0, 0.1) is 0 Å². The summed E-state index contributed by atoms with van der Waals surface area (Å²) in [4.78, 5) is 12.5. The van der Waals surface area contributed by atoms with E-state index >= 15 is 0 Å². The molecule has 0 aromatic heterocycles. The number of piperidine rings is 1. The van der Waals surface area contributed by atoms with Gasteiger partial charge >= 0.3 is 0 Å². The first-order valence-corrected chi connectivity index (χ1v) is 7.11. The van der Waals surface area contributed by atoms with Crippen molar-refractivity contribution in [2.45, 2.75) is 18.4 Å². The Morgan fingerprint density at radius 3 is 2.82 bits per heavy atom. The second-order valence-electron chi connectivity index (χ2n) is 5.03. The Hall–Kier alpha value is -1.56. The average Bonchev–Trinajstić information content (AvgIpc) is 2.54. The molecule has 0 atom stereocenters. The standard InChI is InChI=1S/C16H22N2O3.ClH/c1-3-11-21-14-6-4-5-13(12-14)18-15(19)16(20-2)7-9-17-10-8-16;/h3-6,12,17H,1,7-11H2,2H3,(H,18,19);1H. The molecule has 1 saturated heterocycles. The van der Waals surface area contributed by atoms with Gasteiger partial charge in [0.05, 0.1) is 0 Å². The van der Waals surface area contributed by atoms with E-state index < -0.39 is 5.60 Å². The molecule has 1 aromatic rings. The van der Waals surface area contributed by atoms with E-state index in [9.17, 15) is 4.79 Å². The highest BCUT2D eigenvalue weighted by molar-refractivity contribution is 5.97. The number of carbonyl (C=O) groups excluding carboxylic acids is 1. The van der Waals surface area contributed by atoms with Crippen molar-refractivity contribution in [3.8, 4) is 5.75 Å². The fraction of sp³-hybridized carbons (Fsp3) is 0.438. The summed E-state index contributed by atoms with van der Waals surface area (Å²) in [5.74, 6) is 0.594. The van der Waals surface area contributed by atoms with E-state index in [2.05, 4.69) is 17.2 Å². The first-order valence-electron chi connectivity index (χ1n) is 7.11. The molecule has 1 heterocycles. The van der Waals surface area contributed by atoms with Gasteiger partial charge in [-0.3, -0.25) is 4.79 Å². The summed E-state index contributed by atoms with van der Waals surface area (Å²) < 4.78 is 11.0. The summed E-state index contributed by atoms with van der Waals surface area (Å²) in [7, 11) is 1.59. The summed E-state index contributed by atoms with van der Waals surface area (Å²) in [6, 6.07) is 7.32.